The van der Waals surface area contributed by atoms with E-state index in [0.717, 1.165) is 12.0 Å². The molecule has 3 aliphatic heterocycles. The number of fused-ring (bicyclic) bond motifs is 1. The maximum Gasteiger partial charge on any atom is 0.363 e. The fourth-order valence-corrected chi connectivity index (χ4v) is 7.51. The van der Waals surface area contributed by atoms with Crippen molar-refractivity contribution >= 4 is 24.9 Å². The Kier molecular flexibility index (Phi) is 8.12. The molecular formula is C24H37O9PS. The second-order valence-electron chi connectivity index (χ2n) is 10.4. The van der Waals surface area contributed by atoms with Gasteiger partial charge in [0, 0.05) is 12.0 Å². The van der Waals surface area contributed by atoms with Gasteiger partial charge in [0.1, 0.15) is 24.4 Å². The molecule has 3 fully saturated rings. The summed E-state index contributed by atoms with van der Waals surface area (Å²) in [5, 5.41) is 0.449. The molecule has 3 aliphatic rings. The van der Waals surface area contributed by atoms with Crippen LogP contribution in [0.25, 0.3) is 0 Å². The first-order valence-corrected chi connectivity index (χ1v) is 14.3. The molecule has 0 bridgehead atoms. The smallest absolute Gasteiger partial charge is 0.348 e. The standard InChI is InChI=1S/C24H37O9PS/c1-14(2)31-34(25,32-15(3)4)17-11-9-10-12-18(17)35-33-20-19(16-13-26-23(5,6)28-16)27-22-21(20)29-24(7,8)30-22/h9-12,14-16,19-22H,13H2,1-8H3/t16-,19+,20-,21+,22+/m0/s1. The van der Waals surface area contributed by atoms with Crippen molar-refractivity contribution in [3.05, 3.63) is 24.3 Å². The lowest BCUT2D eigenvalue weighted by Gasteiger charge is -2.29. The molecule has 0 amide bonds. The van der Waals surface area contributed by atoms with Crippen molar-refractivity contribution in [3.8, 4) is 0 Å². The average Bonchev–Trinajstić information content (AvgIpc) is 3.34. The van der Waals surface area contributed by atoms with Crippen molar-refractivity contribution in [2.45, 2.75) is 115 Å². The summed E-state index contributed by atoms with van der Waals surface area (Å²) in [5.74, 6) is -1.52. The van der Waals surface area contributed by atoms with E-state index < -0.39 is 43.8 Å². The predicted molar refractivity (Wildman–Crippen MR) is 130 cm³/mol. The number of ether oxygens (including phenoxy) is 5. The van der Waals surface area contributed by atoms with E-state index >= 15 is 0 Å². The van der Waals surface area contributed by atoms with Crippen LogP contribution in [-0.2, 0) is 41.5 Å². The molecule has 0 aromatic heterocycles. The number of hydrogen-bond acceptors (Lipinski definition) is 10. The molecule has 3 saturated heterocycles. The zero-order chi connectivity index (χ0) is 25.6. The lowest BCUT2D eigenvalue weighted by Crippen LogP contribution is -2.43. The second kappa shape index (κ2) is 10.3. The maximum atomic E-state index is 13.8. The van der Waals surface area contributed by atoms with E-state index in [-0.39, 0.29) is 18.3 Å². The van der Waals surface area contributed by atoms with Crippen LogP contribution in [0.1, 0.15) is 55.4 Å². The first-order valence-electron chi connectivity index (χ1n) is 12.0. The van der Waals surface area contributed by atoms with Crippen LogP contribution >= 0.6 is 19.6 Å². The molecule has 0 unspecified atom stereocenters. The molecule has 3 heterocycles. The van der Waals surface area contributed by atoms with Gasteiger partial charge in [-0.15, -0.1) is 0 Å². The monoisotopic (exact) mass is 532 g/mol. The highest BCUT2D eigenvalue weighted by Crippen LogP contribution is 2.52. The third kappa shape index (κ3) is 6.32. The van der Waals surface area contributed by atoms with Gasteiger partial charge in [0.2, 0.25) is 0 Å². The zero-order valence-electron chi connectivity index (χ0n) is 21.6. The lowest BCUT2D eigenvalue weighted by atomic mass is 10.1. The highest BCUT2D eigenvalue weighted by atomic mass is 32.2. The minimum absolute atomic E-state index is 0.291. The number of benzene rings is 1. The maximum absolute atomic E-state index is 13.8. The minimum atomic E-state index is -3.61. The third-order valence-corrected chi connectivity index (χ3v) is 8.92. The van der Waals surface area contributed by atoms with Crippen molar-refractivity contribution in [1.29, 1.82) is 0 Å². The second-order valence-corrected chi connectivity index (χ2v) is 13.1. The minimum Gasteiger partial charge on any atom is -0.348 e. The predicted octanol–water partition coefficient (Wildman–Crippen LogP) is 4.78. The van der Waals surface area contributed by atoms with Gasteiger partial charge in [-0.3, -0.25) is 4.57 Å². The molecule has 1 aromatic rings. The van der Waals surface area contributed by atoms with E-state index in [2.05, 4.69) is 0 Å². The highest BCUT2D eigenvalue weighted by Gasteiger charge is 2.59. The molecule has 0 N–H and O–H groups in total. The third-order valence-electron chi connectivity index (χ3n) is 5.53. The summed E-state index contributed by atoms with van der Waals surface area (Å²) in [4.78, 5) is 0.626. The van der Waals surface area contributed by atoms with Crippen molar-refractivity contribution in [2.75, 3.05) is 6.61 Å². The van der Waals surface area contributed by atoms with E-state index in [4.69, 9.17) is 36.9 Å². The number of rotatable bonds is 9. The normalized spacial score (nSPS) is 32.0. The van der Waals surface area contributed by atoms with Gasteiger partial charge in [-0.1, -0.05) is 12.1 Å². The van der Waals surface area contributed by atoms with Gasteiger partial charge in [0.05, 0.1) is 29.0 Å². The Hall–Kier alpha value is -0.520. The first kappa shape index (κ1) is 27.5. The molecule has 4 rings (SSSR count). The summed E-state index contributed by atoms with van der Waals surface area (Å²) >= 11 is 1.09. The summed E-state index contributed by atoms with van der Waals surface area (Å²) in [6, 6.07) is 7.23. The van der Waals surface area contributed by atoms with Crippen LogP contribution in [0, 0.1) is 0 Å². The Morgan fingerprint density at radius 3 is 2.20 bits per heavy atom. The van der Waals surface area contributed by atoms with Crippen molar-refractivity contribution in [1.82, 2.24) is 0 Å². The van der Waals surface area contributed by atoms with Crippen LogP contribution in [0.3, 0.4) is 0 Å². The van der Waals surface area contributed by atoms with Crippen LogP contribution < -0.4 is 5.30 Å². The zero-order valence-corrected chi connectivity index (χ0v) is 23.3. The number of hydrogen-bond donors (Lipinski definition) is 0. The van der Waals surface area contributed by atoms with E-state index in [1.165, 1.54) is 0 Å². The Labute approximate surface area is 212 Å². The average molecular weight is 533 g/mol. The molecule has 11 heteroatoms. The molecular weight excluding hydrogens is 495 g/mol. The summed E-state index contributed by atoms with van der Waals surface area (Å²) < 4.78 is 62.0. The van der Waals surface area contributed by atoms with Crippen LogP contribution in [0.2, 0.25) is 0 Å². The van der Waals surface area contributed by atoms with E-state index in [0.29, 0.717) is 16.8 Å². The van der Waals surface area contributed by atoms with E-state index in [1.807, 2.05) is 67.5 Å². The van der Waals surface area contributed by atoms with Crippen molar-refractivity contribution in [3.63, 3.8) is 0 Å². The molecule has 0 radical (unpaired) electrons. The largest absolute Gasteiger partial charge is 0.363 e. The van der Waals surface area contributed by atoms with Gasteiger partial charge in [-0.2, -0.15) is 0 Å². The van der Waals surface area contributed by atoms with E-state index in [9.17, 15) is 4.57 Å². The quantitative estimate of drug-likeness (QED) is 0.327. The Balaban J connectivity index is 1.58. The van der Waals surface area contributed by atoms with Gasteiger partial charge in [0.15, 0.2) is 17.9 Å². The van der Waals surface area contributed by atoms with Crippen LogP contribution in [0.5, 0.6) is 0 Å². The van der Waals surface area contributed by atoms with Crippen LogP contribution in [-0.4, -0.2) is 61.1 Å². The van der Waals surface area contributed by atoms with Gasteiger partial charge >= 0.3 is 7.60 Å². The Bertz CT molecular complexity index is 923. The van der Waals surface area contributed by atoms with Crippen molar-refractivity contribution < 1.29 is 41.5 Å². The Morgan fingerprint density at radius 1 is 0.943 bits per heavy atom. The molecule has 0 aliphatic carbocycles. The highest BCUT2D eigenvalue weighted by molar-refractivity contribution is 7.95. The summed E-state index contributed by atoms with van der Waals surface area (Å²) in [6.45, 7) is 15.1. The van der Waals surface area contributed by atoms with Gasteiger partial charge in [0.25, 0.3) is 0 Å². The summed E-state index contributed by atoms with van der Waals surface area (Å²) in [6.07, 6.45) is -3.00. The van der Waals surface area contributed by atoms with Crippen LogP contribution in [0.15, 0.2) is 29.2 Å². The molecule has 1 aromatic carbocycles. The molecule has 35 heavy (non-hydrogen) atoms. The summed E-state index contributed by atoms with van der Waals surface area (Å²) in [5.41, 5.74) is 0. The molecule has 5 atom stereocenters. The lowest BCUT2D eigenvalue weighted by molar-refractivity contribution is -0.229. The van der Waals surface area contributed by atoms with Crippen molar-refractivity contribution in [2.24, 2.45) is 0 Å². The first-order chi connectivity index (χ1) is 16.3. The fraction of sp³-hybridized carbons (Fsp3) is 0.750. The molecule has 198 valence electrons. The molecule has 0 saturated carbocycles. The van der Waals surface area contributed by atoms with Gasteiger partial charge in [-0.05, 0) is 67.5 Å². The summed E-state index contributed by atoms with van der Waals surface area (Å²) in [7, 11) is -3.61. The Morgan fingerprint density at radius 2 is 1.60 bits per heavy atom. The topological polar surface area (TPSA) is 90.9 Å². The molecule has 9 nitrogen and oxygen atoms in total. The fourth-order valence-electron chi connectivity index (χ4n) is 4.35. The molecule has 0 spiro atoms. The van der Waals surface area contributed by atoms with Gasteiger partial charge < -0.3 is 36.9 Å². The van der Waals surface area contributed by atoms with E-state index in [1.54, 1.807) is 12.1 Å². The SMILES string of the molecule is CC(C)OP(=O)(OC(C)C)c1ccccc1SO[C@@H]1[C@H]2OC(C)(C)O[C@H]2O[C@@H]1[C@@H]1COC(C)(C)O1. The van der Waals surface area contributed by atoms with Gasteiger partial charge in [-0.25, -0.2) is 0 Å². The van der Waals surface area contributed by atoms with Crippen LogP contribution in [0.4, 0.5) is 0 Å².